The molecule has 9 aromatic rings. The summed E-state index contributed by atoms with van der Waals surface area (Å²) in [6, 6.07) is 52.4. The second-order valence-corrected chi connectivity index (χ2v) is 13.2. The lowest BCUT2D eigenvalue weighted by Gasteiger charge is -2.03. The molecule has 0 saturated heterocycles. The number of thiophene rings is 2. The molecule has 1 nitrogen and oxygen atoms in total. The van der Waals surface area contributed by atoms with E-state index >= 15 is 0 Å². The second kappa shape index (κ2) is 9.81. The van der Waals surface area contributed by atoms with Crippen molar-refractivity contribution < 1.29 is 4.42 Å². The van der Waals surface area contributed by atoms with Gasteiger partial charge in [-0.15, -0.1) is 22.7 Å². The van der Waals surface area contributed by atoms with Gasteiger partial charge in [0.15, 0.2) is 0 Å². The first kappa shape index (κ1) is 24.6. The van der Waals surface area contributed by atoms with Gasteiger partial charge >= 0.3 is 0 Å². The first-order valence-corrected chi connectivity index (χ1v) is 16.0. The SMILES string of the molecule is c1ccc(-c2ccc(-c3cc4cc5c(cc4o3)sc3cc4sc(-c6ccc(-c7ccccc7)cc6)cc4cc35)cc2)cc1. The van der Waals surface area contributed by atoms with Gasteiger partial charge in [0.1, 0.15) is 11.3 Å². The van der Waals surface area contributed by atoms with E-state index in [9.17, 15) is 0 Å². The molecule has 43 heavy (non-hydrogen) atoms. The number of hydrogen-bond donors (Lipinski definition) is 0. The summed E-state index contributed by atoms with van der Waals surface area (Å²) in [5, 5.41) is 5.04. The van der Waals surface area contributed by atoms with E-state index in [4.69, 9.17) is 4.42 Å². The third-order valence-electron chi connectivity index (χ3n) is 8.30. The van der Waals surface area contributed by atoms with E-state index in [2.05, 4.69) is 140 Å². The van der Waals surface area contributed by atoms with E-state index in [1.165, 1.54) is 63.0 Å². The van der Waals surface area contributed by atoms with Gasteiger partial charge < -0.3 is 4.42 Å². The fourth-order valence-corrected chi connectivity index (χ4v) is 8.35. The summed E-state index contributed by atoms with van der Waals surface area (Å²) in [5.74, 6) is 0.903. The lowest BCUT2D eigenvalue weighted by molar-refractivity contribution is 0.632. The summed E-state index contributed by atoms with van der Waals surface area (Å²) < 4.78 is 10.3. The molecular formula is C40H24OS2. The number of benzene rings is 6. The van der Waals surface area contributed by atoms with Crippen LogP contribution in [0.4, 0.5) is 0 Å². The Morgan fingerprint density at radius 1 is 0.372 bits per heavy atom. The number of rotatable bonds is 4. The van der Waals surface area contributed by atoms with Crippen molar-refractivity contribution >= 4 is 63.9 Å². The maximum absolute atomic E-state index is 6.38. The van der Waals surface area contributed by atoms with Crippen LogP contribution < -0.4 is 0 Å². The van der Waals surface area contributed by atoms with Crippen LogP contribution in [0.3, 0.4) is 0 Å². The number of fused-ring (bicyclic) bond motifs is 5. The fraction of sp³-hybridized carbons (Fsp3) is 0. The molecule has 0 atom stereocenters. The quantitative estimate of drug-likeness (QED) is 0.201. The van der Waals surface area contributed by atoms with Crippen molar-refractivity contribution in [3.63, 3.8) is 0 Å². The van der Waals surface area contributed by atoms with Gasteiger partial charge in [-0.05, 0) is 69.6 Å². The topological polar surface area (TPSA) is 13.1 Å². The highest BCUT2D eigenvalue weighted by Gasteiger charge is 2.14. The van der Waals surface area contributed by atoms with E-state index in [0.717, 1.165) is 22.3 Å². The highest BCUT2D eigenvalue weighted by molar-refractivity contribution is 7.27. The summed E-state index contributed by atoms with van der Waals surface area (Å²) in [4.78, 5) is 1.30. The fourth-order valence-electron chi connectivity index (χ4n) is 6.04. The molecule has 3 aromatic heterocycles. The van der Waals surface area contributed by atoms with E-state index in [0.29, 0.717) is 0 Å². The van der Waals surface area contributed by atoms with Gasteiger partial charge in [-0.3, -0.25) is 0 Å². The average Bonchev–Trinajstić information content (AvgIpc) is 3.78. The molecule has 0 unspecified atom stereocenters. The monoisotopic (exact) mass is 584 g/mol. The zero-order valence-corrected chi connectivity index (χ0v) is 24.7. The van der Waals surface area contributed by atoms with Crippen LogP contribution in [0.15, 0.2) is 150 Å². The first-order chi connectivity index (χ1) is 21.2. The standard InChI is InChI=1S/C40H24OS2/c1-3-7-25(8-4-1)27-11-15-29(16-12-27)35-21-31-19-33-34-20-32-22-37(30-17-13-28(14-18-30)26-9-5-2-6-10-26)42-38(32)24-40(34)43-39(33)23-36(31)41-35/h1-24H. The Kier molecular flexibility index (Phi) is 5.62. The lowest BCUT2D eigenvalue weighted by Crippen LogP contribution is -1.78. The molecule has 3 heterocycles. The Hall–Kier alpha value is -4.96. The van der Waals surface area contributed by atoms with Crippen molar-refractivity contribution in [2.24, 2.45) is 0 Å². The van der Waals surface area contributed by atoms with Crippen LogP contribution in [0.2, 0.25) is 0 Å². The molecular weight excluding hydrogens is 561 g/mol. The molecule has 0 aliphatic rings. The van der Waals surface area contributed by atoms with Gasteiger partial charge in [-0.2, -0.15) is 0 Å². The van der Waals surface area contributed by atoms with Gasteiger partial charge in [0.2, 0.25) is 0 Å². The van der Waals surface area contributed by atoms with Crippen molar-refractivity contribution in [1.82, 2.24) is 0 Å². The maximum atomic E-state index is 6.38. The minimum Gasteiger partial charge on any atom is -0.456 e. The molecule has 0 N–H and O–H groups in total. The largest absolute Gasteiger partial charge is 0.456 e. The molecule has 0 aliphatic carbocycles. The third kappa shape index (κ3) is 4.28. The Morgan fingerprint density at radius 2 is 0.907 bits per heavy atom. The molecule has 0 aliphatic heterocycles. The highest BCUT2D eigenvalue weighted by atomic mass is 32.1. The van der Waals surface area contributed by atoms with E-state index in [1.807, 2.05) is 28.7 Å². The average molecular weight is 585 g/mol. The molecule has 202 valence electrons. The van der Waals surface area contributed by atoms with E-state index in [1.54, 1.807) is 0 Å². The minimum absolute atomic E-state index is 0.903. The zero-order valence-electron chi connectivity index (χ0n) is 23.1. The third-order valence-corrected chi connectivity index (χ3v) is 10.6. The minimum atomic E-state index is 0.903. The van der Waals surface area contributed by atoms with E-state index < -0.39 is 0 Å². The van der Waals surface area contributed by atoms with Crippen molar-refractivity contribution in [3.05, 3.63) is 146 Å². The van der Waals surface area contributed by atoms with Crippen molar-refractivity contribution in [2.45, 2.75) is 0 Å². The first-order valence-electron chi connectivity index (χ1n) is 14.4. The van der Waals surface area contributed by atoms with Crippen LogP contribution in [-0.4, -0.2) is 0 Å². The van der Waals surface area contributed by atoms with Gasteiger partial charge in [0, 0.05) is 40.7 Å². The van der Waals surface area contributed by atoms with Gasteiger partial charge in [0.05, 0.1) is 0 Å². The Bertz CT molecular complexity index is 2240. The maximum Gasteiger partial charge on any atom is 0.136 e. The van der Waals surface area contributed by atoms with Crippen molar-refractivity contribution in [1.29, 1.82) is 0 Å². The summed E-state index contributed by atoms with van der Waals surface area (Å²) >= 11 is 3.72. The van der Waals surface area contributed by atoms with Crippen LogP contribution in [0.25, 0.3) is 85.2 Å². The molecule has 0 saturated carbocycles. The van der Waals surface area contributed by atoms with Gasteiger partial charge in [-0.1, -0.05) is 109 Å². The molecule has 3 heteroatoms. The molecule has 0 fully saturated rings. The summed E-state index contributed by atoms with van der Waals surface area (Å²) in [6.45, 7) is 0. The normalized spacial score (nSPS) is 11.7. The second-order valence-electron chi connectivity index (χ2n) is 11.0. The van der Waals surface area contributed by atoms with Gasteiger partial charge in [0.25, 0.3) is 0 Å². The van der Waals surface area contributed by atoms with Crippen LogP contribution in [0.5, 0.6) is 0 Å². The predicted molar refractivity (Wildman–Crippen MR) is 186 cm³/mol. The summed E-state index contributed by atoms with van der Waals surface area (Å²) in [5.41, 5.74) is 8.21. The van der Waals surface area contributed by atoms with Crippen molar-refractivity contribution in [3.8, 4) is 44.0 Å². The molecule has 6 aromatic carbocycles. The smallest absolute Gasteiger partial charge is 0.136 e. The van der Waals surface area contributed by atoms with E-state index in [-0.39, 0.29) is 0 Å². The molecule has 0 spiro atoms. The van der Waals surface area contributed by atoms with Gasteiger partial charge in [-0.25, -0.2) is 0 Å². The number of furan rings is 1. The summed E-state index contributed by atoms with van der Waals surface area (Å²) in [6.07, 6.45) is 0. The zero-order chi connectivity index (χ0) is 28.3. The number of hydrogen-bond acceptors (Lipinski definition) is 3. The predicted octanol–water partition coefficient (Wildman–Crippen LogP) is 12.7. The molecule has 0 bridgehead atoms. The van der Waals surface area contributed by atoms with Crippen LogP contribution >= 0.6 is 22.7 Å². The lowest BCUT2D eigenvalue weighted by atomic mass is 10.0. The Labute approximate surface area is 256 Å². The molecule has 0 radical (unpaired) electrons. The van der Waals surface area contributed by atoms with Crippen LogP contribution in [-0.2, 0) is 0 Å². The summed E-state index contributed by atoms with van der Waals surface area (Å²) in [7, 11) is 0. The van der Waals surface area contributed by atoms with Crippen molar-refractivity contribution in [2.75, 3.05) is 0 Å². The molecule has 9 rings (SSSR count). The highest BCUT2D eigenvalue weighted by Crippen LogP contribution is 2.43. The van der Waals surface area contributed by atoms with Crippen LogP contribution in [0.1, 0.15) is 0 Å². The Morgan fingerprint density at radius 3 is 1.56 bits per heavy atom. The Balaban J connectivity index is 1.07. The van der Waals surface area contributed by atoms with Crippen LogP contribution in [0, 0.1) is 0 Å². The molecule has 0 amide bonds.